The van der Waals surface area contributed by atoms with E-state index in [1.165, 1.54) is 5.56 Å². The van der Waals surface area contributed by atoms with E-state index in [4.69, 9.17) is 10.5 Å². The lowest BCUT2D eigenvalue weighted by atomic mass is 10.1. The van der Waals surface area contributed by atoms with E-state index in [9.17, 15) is 4.79 Å². The molecule has 2 heterocycles. The number of pyridine rings is 1. The van der Waals surface area contributed by atoms with Gasteiger partial charge in [0.25, 0.3) is 5.91 Å². The van der Waals surface area contributed by atoms with Crippen molar-refractivity contribution in [2.75, 3.05) is 13.1 Å². The van der Waals surface area contributed by atoms with Crippen molar-refractivity contribution in [2.45, 2.75) is 6.42 Å². The third-order valence-corrected chi connectivity index (χ3v) is 9.83. The Labute approximate surface area is 172 Å². The van der Waals surface area contributed by atoms with Gasteiger partial charge in [-0.25, -0.2) is 4.98 Å². The fourth-order valence-electron chi connectivity index (χ4n) is 2.28. The van der Waals surface area contributed by atoms with Crippen LogP contribution in [0.4, 0.5) is 0 Å². The van der Waals surface area contributed by atoms with Gasteiger partial charge < -0.3 is 15.8 Å². The molecule has 0 aliphatic carbocycles. The molecular weight excluding hydrogens is 556 g/mol. The molecule has 0 saturated carbocycles. The molecule has 1 aromatic heterocycles. The SMILES string of the molecule is NC(=O)c1cccnc1Oc1ccc(CCNCC2=IC=IC=C2)cc1. The number of halogens is 2. The van der Waals surface area contributed by atoms with Crippen molar-refractivity contribution in [3.05, 3.63) is 63.9 Å². The number of nitrogens with two attached hydrogens (primary N) is 1. The third kappa shape index (κ3) is 5.78. The number of hydrogen-bond acceptors (Lipinski definition) is 4. The fourth-order valence-corrected chi connectivity index (χ4v) is 9.07. The summed E-state index contributed by atoms with van der Waals surface area (Å²) >= 11 is 0.430. The van der Waals surface area contributed by atoms with E-state index in [0.29, 0.717) is 5.75 Å². The molecule has 3 N–H and O–H groups in total. The topological polar surface area (TPSA) is 77.2 Å². The van der Waals surface area contributed by atoms with Crippen molar-refractivity contribution < 1.29 is 9.53 Å². The highest BCUT2D eigenvalue weighted by Crippen LogP contribution is 2.23. The smallest absolute Gasteiger partial charge is 0.254 e. The maximum Gasteiger partial charge on any atom is 0.254 e. The maximum absolute atomic E-state index is 11.4. The van der Waals surface area contributed by atoms with Gasteiger partial charge in [-0.3, -0.25) is 4.79 Å². The first-order valence-corrected chi connectivity index (χ1v) is 12.9. The number of ether oxygens (including phenoxy) is 1. The lowest BCUT2D eigenvalue weighted by molar-refractivity contribution is 0.0997. The number of aromatic nitrogens is 1. The van der Waals surface area contributed by atoms with Gasteiger partial charge in [0.1, 0.15) is 11.3 Å². The standard InChI is InChI=1S/C19H19I2N3O2/c22-18(25)17-2-1-10-24-19(17)26-16-5-3-14(4-6-16)8-11-23-12-15-7-9-20-13-21-15/h1-7,9-10,13,23H,8,11-12H2,(H2,22,25). The number of primary amides is 1. The second kappa shape index (κ2) is 10.0. The Kier molecular flexibility index (Phi) is 7.44. The summed E-state index contributed by atoms with van der Waals surface area (Å²) in [4.78, 5) is 15.5. The zero-order chi connectivity index (χ0) is 18.2. The molecule has 0 unspecified atom stereocenters. The van der Waals surface area contributed by atoms with Crippen molar-refractivity contribution in [3.63, 3.8) is 0 Å². The van der Waals surface area contributed by atoms with E-state index < -0.39 is 5.91 Å². The first-order chi connectivity index (χ1) is 12.7. The highest BCUT2D eigenvalue weighted by Gasteiger charge is 2.10. The molecule has 0 atom stereocenters. The highest BCUT2D eigenvalue weighted by molar-refractivity contribution is 14.3. The monoisotopic (exact) mass is 575 g/mol. The lowest BCUT2D eigenvalue weighted by Gasteiger charge is -2.09. The van der Waals surface area contributed by atoms with Crippen molar-refractivity contribution in [3.8, 4) is 11.6 Å². The maximum atomic E-state index is 11.4. The predicted octanol–water partition coefficient (Wildman–Crippen LogP) is 3.51. The van der Waals surface area contributed by atoms with Crippen LogP contribution in [0.3, 0.4) is 0 Å². The Bertz CT molecular complexity index is 861. The van der Waals surface area contributed by atoms with Crippen LogP contribution in [-0.4, -0.2) is 29.5 Å². The van der Waals surface area contributed by atoms with Gasteiger partial charge in [0.05, 0.1) is 0 Å². The number of carbonyl (C=O) groups excluding carboxylic acids is 1. The molecule has 1 aliphatic heterocycles. The van der Waals surface area contributed by atoms with E-state index >= 15 is 0 Å². The molecule has 5 nitrogen and oxygen atoms in total. The number of rotatable bonds is 8. The molecule has 0 spiro atoms. The summed E-state index contributed by atoms with van der Waals surface area (Å²) in [7, 11) is 0. The van der Waals surface area contributed by atoms with Gasteiger partial charge in [-0.2, -0.15) is 0 Å². The Hall–Kier alpha value is -1.46. The summed E-state index contributed by atoms with van der Waals surface area (Å²) in [6.45, 7) is 1.95. The van der Waals surface area contributed by atoms with Crippen LogP contribution in [0.25, 0.3) is 0 Å². The zero-order valence-corrected chi connectivity index (χ0v) is 18.3. The van der Waals surface area contributed by atoms with Crippen molar-refractivity contribution in [2.24, 2.45) is 5.73 Å². The minimum Gasteiger partial charge on any atom is -0.438 e. The molecule has 2 aromatic rings. The average molecular weight is 575 g/mol. The number of nitrogens with one attached hydrogen (secondary N) is 1. The number of hydrogen-bond donors (Lipinski definition) is 2. The van der Waals surface area contributed by atoms with E-state index in [2.05, 4.69) is 22.5 Å². The zero-order valence-electron chi connectivity index (χ0n) is 14.0. The molecule has 26 heavy (non-hydrogen) atoms. The second-order valence-corrected chi connectivity index (χ2v) is 12.5. The van der Waals surface area contributed by atoms with E-state index in [-0.39, 0.29) is 52.9 Å². The molecule has 136 valence electrons. The highest BCUT2D eigenvalue weighted by atomic mass is 127. The normalized spacial score (nSPS) is 13.3. The van der Waals surface area contributed by atoms with Crippen LogP contribution < -0.4 is 15.8 Å². The van der Waals surface area contributed by atoms with Gasteiger partial charge in [-0.15, -0.1) is 0 Å². The Morgan fingerprint density at radius 2 is 2.08 bits per heavy atom. The number of benzene rings is 1. The Balaban J connectivity index is 1.51. The molecule has 0 radical (unpaired) electrons. The van der Waals surface area contributed by atoms with E-state index in [1.807, 2.05) is 24.3 Å². The summed E-state index contributed by atoms with van der Waals surface area (Å²) < 4.78 is 12.1. The van der Waals surface area contributed by atoms with Gasteiger partial charge >= 0.3 is 0 Å². The molecule has 3 rings (SSSR count). The molecule has 0 saturated heterocycles. The fraction of sp³-hybridized carbons (Fsp3) is 0.158. The molecular formula is C19H19I2N3O2. The molecule has 0 fully saturated rings. The third-order valence-electron chi connectivity index (χ3n) is 3.60. The van der Waals surface area contributed by atoms with Crippen molar-refractivity contribution in [1.29, 1.82) is 0 Å². The second-order valence-electron chi connectivity index (χ2n) is 5.45. The largest absolute Gasteiger partial charge is 0.438 e. The first-order valence-electron chi connectivity index (χ1n) is 8.04. The van der Waals surface area contributed by atoms with Crippen LogP contribution in [0.5, 0.6) is 11.6 Å². The molecule has 1 aromatic carbocycles. The predicted molar refractivity (Wildman–Crippen MR) is 124 cm³/mol. The van der Waals surface area contributed by atoms with Gasteiger partial charge in [-0.1, -0.05) is 53.6 Å². The van der Waals surface area contributed by atoms with Gasteiger partial charge in [0.15, 0.2) is 0 Å². The van der Waals surface area contributed by atoms with Gasteiger partial charge in [-0.05, 0) is 56.5 Å². The van der Waals surface area contributed by atoms with Gasteiger partial charge in [0, 0.05) is 14.8 Å². The molecule has 7 heteroatoms. The van der Waals surface area contributed by atoms with Crippen LogP contribution in [0, 0.1) is 0 Å². The molecule has 1 amide bonds. The average Bonchev–Trinajstić information content (AvgIpc) is 2.67. The summed E-state index contributed by atoms with van der Waals surface area (Å²) in [5, 5.41) is 3.52. The van der Waals surface area contributed by atoms with Crippen LogP contribution in [0.2, 0.25) is 0 Å². The minimum atomic E-state index is -0.552. The van der Waals surface area contributed by atoms with Gasteiger partial charge in [0.2, 0.25) is 5.88 Å². The summed E-state index contributed by atoms with van der Waals surface area (Å²) in [5.74, 6) is 0.312. The number of nitrogens with zero attached hydrogens (tertiary/aromatic N) is 1. The van der Waals surface area contributed by atoms with Crippen molar-refractivity contribution >= 4 is 52.9 Å². The van der Waals surface area contributed by atoms with E-state index in [1.54, 1.807) is 21.8 Å². The van der Waals surface area contributed by atoms with Crippen LogP contribution in [0.15, 0.2) is 52.8 Å². The lowest BCUT2D eigenvalue weighted by Crippen LogP contribution is -2.23. The summed E-state index contributed by atoms with van der Waals surface area (Å²) in [6.07, 6.45) is 4.85. The number of carbonyl (C=O) groups is 1. The van der Waals surface area contributed by atoms with E-state index in [0.717, 1.165) is 19.5 Å². The van der Waals surface area contributed by atoms with Crippen LogP contribution in [0.1, 0.15) is 15.9 Å². The first kappa shape index (κ1) is 19.3. The van der Waals surface area contributed by atoms with Crippen molar-refractivity contribution in [1.82, 2.24) is 10.3 Å². The Morgan fingerprint density at radius 3 is 2.81 bits per heavy atom. The molecule has 0 bridgehead atoms. The number of amides is 1. The minimum absolute atomic E-state index is 0.175. The summed E-state index contributed by atoms with van der Waals surface area (Å²) in [5.41, 5.74) is 6.85. The Morgan fingerprint density at radius 1 is 1.23 bits per heavy atom. The van der Waals surface area contributed by atoms with Crippen LogP contribution in [-0.2, 0) is 6.42 Å². The molecule has 1 aliphatic rings. The van der Waals surface area contributed by atoms with Crippen LogP contribution >= 0.6 is 41.5 Å². The quantitative estimate of drug-likeness (QED) is 0.374. The summed E-state index contributed by atoms with van der Waals surface area (Å²) in [6, 6.07) is 11.1.